The predicted octanol–water partition coefficient (Wildman–Crippen LogP) is 5.54. The average Bonchev–Trinajstić information content (AvgIpc) is 3.30. The van der Waals surface area contributed by atoms with Crippen LogP contribution in [0.3, 0.4) is 0 Å². The molecule has 3 aromatic rings. The molecule has 0 saturated carbocycles. The second-order valence-electron chi connectivity index (χ2n) is 10.4. The van der Waals surface area contributed by atoms with Crippen LogP contribution in [0.4, 0.5) is 4.79 Å². The maximum Gasteiger partial charge on any atom is 0.494 e. The van der Waals surface area contributed by atoms with Gasteiger partial charge in [0.1, 0.15) is 6.61 Å². The van der Waals surface area contributed by atoms with E-state index in [1.165, 1.54) is 22.3 Å². The first-order chi connectivity index (χ1) is 17.2. The van der Waals surface area contributed by atoms with Gasteiger partial charge in [0, 0.05) is 12.5 Å². The summed E-state index contributed by atoms with van der Waals surface area (Å²) in [7, 11) is -0.372. The second kappa shape index (κ2) is 9.60. The molecule has 1 aliphatic heterocycles. The lowest BCUT2D eigenvalue weighted by Gasteiger charge is -2.32. The quantitative estimate of drug-likeness (QED) is 0.470. The van der Waals surface area contributed by atoms with Crippen molar-refractivity contribution >= 4 is 24.8 Å². The number of carbonyl (C=O) groups excluding carboxylic acids is 1. The first-order valence-electron chi connectivity index (χ1n) is 12.5. The van der Waals surface area contributed by atoms with Crippen molar-refractivity contribution in [2.24, 2.45) is 0 Å². The van der Waals surface area contributed by atoms with E-state index >= 15 is 0 Å². The molecule has 6 heteroatoms. The molecule has 36 heavy (non-hydrogen) atoms. The summed E-state index contributed by atoms with van der Waals surface area (Å²) in [5.41, 5.74) is 6.14. The van der Waals surface area contributed by atoms with Gasteiger partial charge in [-0.15, -0.1) is 0 Å². The summed E-state index contributed by atoms with van der Waals surface area (Å²) >= 11 is 0. The average molecular weight is 481 g/mol. The van der Waals surface area contributed by atoms with Gasteiger partial charge in [-0.2, -0.15) is 0 Å². The van der Waals surface area contributed by atoms with Gasteiger partial charge in [-0.05, 0) is 61.0 Å². The zero-order valence-electron chi connectivity index (χ0n) is 21.3. The first-order valence-corrected chi connectivity index (χ1v) is 12.5. The molecule has 1 fully saturated rings. The van der Waals surface area contributed by atoms with Crippen LogP contribution in [0.25, 0.3) is 17.2 Å². The Morgan fingerprint density at radius 3 is 2.03 bits per heavy atom. The van der Waals surface area contributed by atoms with Gasteiger partial charge in [-0.3, -0.25) is 0 Å². The number of alkyl carbamates (subject to hydrolysis) is 1. The molecule has 0 spiro atoms. The molecule has 0 bridgehead atoms. The third kappa shape index (κ3) is 4.71. The Balaban J connectivity index is 1.11. The molecule has 5 rings (SSSR count). The zero-order valence-corrected chi connectivity index (χ0v) is 21.3. The topological polar surface area (TPSA) is 56.8 Å². The van der Waals surface area contributed by atoms with E-state index in [0.29, 0.717) is 13.2 Å². The van der Waals surface area contributed by atoms with Gasteiger partial charge in [0.15, 0.2) is 0 Å². The number of benzene rings is 3. The van der Waals surface area contributed by atoms with E-state index in [4.69, 9.17) is 14.0 Å². The van der Waals surface area contributed by atoms with Crippen molar-refractivity contribution in [3.63, 3.8) is 0 Å². The number of hydrogen-bond acceptors (Lipinski definition) is 4. The van der Waals surface area contributed by atoms with Crippen LogP contribution < -0.4 is 10.8 Å². The number of amides is 1. The van der Waals surface area contributed by atoms with Crippen molar-refractivity contribution in [1.29, 1.82) is 0 Å². The SMILES string of the molecule is CC1(C)OB(c2ccc(C=CCNC(=O)OCC3c4ccccc4-c4ccccc43)cc2)OC1(C)C. The lowest BCUT2D eigenvalue weighted by atomic mass is 9.79. The Kier molecular flexibility index (Phi) is 6.50. The molecule has 2 aliphatic rings. The smallest absolute Gasteiger partial charge is 0.449 e. The highest BCUT2D eigenvalue weighted by molar-refractivity contribution is 6.62. The van der Waals surface area contributed by atoms with E-state index in [1.54, 1.807) is 0 Å². The van der Waals surface area contributed by atoms with Gasteiger partial charge < -0.3 is 19.4 Å². The van der Waals surface area contributed by atoms with Gasteiger partial charge in [0.25, 0.3) is 0 Å². The number of ether oxygens (including phenoxy) is 1. The zero-order chi connectivity index (χ0) is 25.3. The number of carbonyl (C=O) groups is 1. The number of rotatable bonds is 6. The lowest BCUT2D eigenvalue weighted by Crippen LogP contribution is -2.41. The van der Waals surface area contributed by atoms with Gasteiger partial charge in [0.2, 0.25) is 0 Å². The van der Waals surface area contributed by atoms with Crippen molar-refractivity contribution in [3.05, 3.63) is 95.6 Å². The molecule has 0 atom stereocenters. The summed E-state index contributed by atoms with van der Waals surface area (Å²) in [4.78, 5) is 12.3. The number of hydrogen-bond donors (Lipinski definition) is 1. The first kappa shape index (κ1) is 24.4. The summed E-state index contributed by atoms with van der Waals surface area (Å²) in [5, 5.41) is 2.81. The van der Waals surface area contributed by atoms with Gasteiger partial charge in [-0.1, -0.05) is 84.9 Å². The fourth-order valence-corrected chi connectivity index (χ4v) is 4.73. The van der Waals surface area contributed by atoms with Crippen LogP contribution in [-0.4, -0.2) is 37.6 Å². The third-order valence-electron chi connectivity index (χ3n) is 7.48. The standard InChI is InChI=1S/C30H32BNO4/c1-29(2)30(3,4)36-31(35-29)22-17-15-21(16-18-22)10-9-19-32-28(33)34-20-27-25-13-7-5-11-23(25)24-12-6-8-14-26(24)27/h5-18,27H,19-20H2,1-4H3,(H,32,33). The van der Waals surface area contributed by atoms with E-state index in [9.17, 15) is 4.79 Å². The molecule has 3 aromatic carbocycles. The molecule has 1 saturated heterocycles. The summed E-state index contributed by atoms with van der Waals surface area (Å²) in [6.45, 7) is 8.89. The molecule has 0 aromatic heterocycles. The van der Waals surface area contributed by atoms with Gasteiger partial charge in [0.05, 0.1) is 11.2 Å². The largest absolute Gasteiger partial charge is 0.494 e. The fourth-order valence-electron chi connectivity index (χ4n) is 4.73. The van der Waals surface area contributed by atoms with E-state index in [0.717, 1.165) is 11.0 Å². The molecule has 1 aliphatic carbocycles. The summed E-state index contributed by atoms with van der Waals surface area (Å²) in [5.74, 6) is 0.0567. The van der Waals surface area contributed by atoms with Crippen molar-refractivity contribution < 1.29 is 18.8 Å². The summed E-state index contributed by atoms with van der Waals surface area (Å²) in [6, 6.07) is 24.7. The maximum atomic E-state index is 12.3. The highest BCUT2D eigenvalue weighted by atomic mass is 16.7. The molecule has 1 amide bonds. The molecular formula is C30H32BNO4. The highest BCUT2D eigenvalue weighted by Crippen LogP contribution is 2.44. The summed E-state index contributed by atoms with van der Waals surface area (Å²) in [6.07, 6.45) is 3.46. The maximum absolute atomic E-state index is 12.3. The van der Waals surface area contributed by atoms with E-state index in [1.807, 2.05) is 88.4 Å². The molecular weight excluding hydrogens is 449 g/mol. The minimum atomic E-state index is -0.419. The van der Waals surface area contributed by atoms with Crippen molar-refractivity contribution in [2.75, 3.05) is 13.2 Å². The molecule has 0 unspecified atom stereocenters. The lowest BCUT2D eigenvalue weighted by molar-refractivity contribution is 0.00578. The van der Waals surface area contributed by atoms with Crippen molar-refractivity contribution in [1.82, 2.24) is 5.32 Å². The molecule has 0 radical (unpaired) electrons. The fraction of sp³-hybridized carbons (Fsp3) is 0.300. The van der Waals surface area contributed by atoms with E-state index < -0.39 is 6.09 Å². The minimum Gasteiger partial charge on any atom is -0.449 e. The monoisotopic (exact) mass is 481 g/mol. The second-order valence-corrected chi connectivity index (χ2v) is 10.4. The Bertz CT molecular complexity index is 1220. The molecule has 184 valence electrons. The molecule has 1 heterocycles. The van der Waals surface area contributed by atoms with Crippen molar-refractivity contribution in [3.8, 4) is 11.1 Å². The van der Waals surface area contributed by atoms with Crippen LogP contribution in [0, 0.1) is 0 Å². The Labute approximate surface area is 213 Å². The Hall–Kier alpha value is -3.35. The van der Waals surface area contributed by atoms with Crippen LogP contribution in [0.15, 0.2) is 78.9 Å². The van der Waals surface area contributed by atoms with Crippen molar-refractivity contribution in [2.45, 2.75) is 44.8 Å². The summed E-state index contributed by atoms with van der Waals surface area (Å²) < 4.78 is 17.8. The van der Waals surface area contributed by atoms with E-state index in [2.05, 4.69) is 29.6 Å². The van der Waals surface area contributed by atoms with Crippen LogP contribution in [0.2, 0.25) is 0 Å². The normalized spacial score (nSPS) is 17.7. The van der Waals surface area contributed by atoms with E-state index in [-0.39, 0.29) is 24.2 Å². The number of fused-ring (bicyclic) bond motifs is 3. The Morgan fingerprint density at radius 1 is 0.889 bits per heavy atom. The van der Waals surface area contributed by atoms with Crippen LogP contribution in [-0.2, 0) is 14.0 Å². The van der Waals surface area contributed by atoms with Gasteiger partial charge >= 0.3 is 13.2 Å². The highest BCUT2D eigenvalue weighted by Gasteiger charge is 2.51. The third-order valence-corrected chi connectivity index (χ3v) is 7.48. The molecule has 1 N–H and O–H groups in total. The number of nitrogens with one attached hydrogen (secondary N) is 1. The predicted molar refractivity (Wildman–Crippen MR) is 144 cm³/mol. The van der Waals surface area contributed by atoms with Crippen LogP contribution in [0.5, 0.6) is 0 Å². The van der Waals surface area contributed by atoms with Crippen LogP contribution in [0.1, 0.15) is 50.3 Å². The minimum absolute atomic E-state index is 0.0567. The van der Waals surface area contributed by atoms with Gasteiger partial charge in [-0.25, -0.2) is 4.79 Å². The Morgan fingerprint density at radius 2 is 1.44 bits per heavy atom. The molecule has 5 nitrogen and oxygen atoms in total. The van der Waals surface area contributed by atoms with Crippen LogP contribution >= 0.6 is 0 Å².